The third-order valence-corrected chi connectivity index (χ3v) is 4.61. The van der Waals surface area contributed by atoms with E-state index in [1.165, 1.54) is 0 Å². The van der Waals surface area contributed by atoms with Gasteiger partial charge in [-0.2, -0.15) is 5.10 Å². The van der Waals surface area contributed by atoms with Gasteiger partial charge in [0.2, 0.25) is 5.91 Å². The molecule has 0 atom stereocenters. The minimum Gasteiger partial charge on any atom is -0.492 e. The Labute approximate surface area is 166 Å². The van der Waals surface area contributed by atoms with E-state index in [9.17, 15) is 9.59 Å². The SMILES string of the molecule is Cn1ncc2cc(C(N)=O)cc(Oc3ccc(OCCN4CCOC4=O)cc3)c21. The monoisotopic (exact) mass is 396 g/mol. The molecule has 0 aliphatic carbocycles. The molecule has 9 heteroatoms. The molecule has 1 aromatic heterocycles. The van der Waals surface area contributed by atoms with E-state index in [0.29, 0.717) is 49.1 Å². The average Bonchev–Trinajstić information content (AvgIpc) is 3.29. The van der Waals surface area contributed by atoms with E-state index in [0.717, 1.165) is 10.9 Å². The van der Waals surface area contributed by atoms with Crippen LogP contribution in [-0.4, -0.2) is 53.0 Å². The Kier molecular flexibility index (Phi) is 4.94. The zero-order valence-corrected chi connectivity index (χ0v) is 15.8. The minimum absolute atomic E-state index is 0.308. The lowest BCUT2D eigenvalue weighted by Crippen LogP contribution is -2.29. The summed E-state index contributed by atoms with van der Waals surface area (Å²) in [7, 11) is 1.80. The van der Waals surface area contributed by atoms with Crippen LogP contribution in [0.2, 0.25) is 0 Å². The Bertz CT molecular complexity index is 1060. The Morgan fingerprint density at radius 3 is 2.69 bits per heavy atom. The molecule has 0 saturated carbocycles. The maximum absolute atomic E-state index is 11.6. The Hall–Kier alpha value is -3.75. The second-order valence-electron chi connectivity index (χ2n) is 6.57. The average molecular weight is 396 g/mol. The second kappa shape index (κ2) is 7.70. The van der Waals surface area contributed by atoms with Crippen LogP contribution in [0.5, 0.6) is 17.2 Å². The molecule has 1 saturated heterocycles. The van der Waals surface area contributed by atoms with E-state index in [1.54, 1.807) is 59.2 Å². The lowest BCUT2D eigenvalue weighted by atomic mass is 10.1. The van der Waals surface area contributed by atoms with Crippen LogP contribution in [0.15, 0.2) is 42.6 Å². The summed E-state index contributed by atoms with van der Waals surface area (Å²) in [6, 6.07) is 10.4. The van der Waals surface area contributed by atoms with Crippen LogP contribution in [0, 0.1) is 0 Å². The highest BCUT2D eigenvalue weighted by molar-refractivity contribution is 5.99. The molecule has 2 heterocycles. The molecule has 0 radical (unpaired) electrons. The number of nitrogens with zero attached hydrogens (tertiary/aromatic N) is 3. The number of fused-ring (bicyclic) bond motifs is 1. The van der Waals surface area contributed by atoms with Gasteiger partial charge >= 0.3 is 6.09 Å². The van der Waals surface area contributed by atoms with Gasteiger partial charge in [-0.05, 0) is 36.4 Å². The highest BCUT2D eigenvalue weighted by Gasteiger charge is 2.21. The van der Waals surface area contributed by atoms with Gasteiger partial charge in [0.05, 0.1) is 19.3 Å². The number of primary amides is 1. The first kappa shape index (κ1) is 18.6. The molecule has 0 unspecified atom stereocenters. The summed E-state index contributed by atoms with van der Waals surface area (Å²) in [4.78, 5) is 24.6. The van der Waals surface area contributed by atoms with Crippen molar-refractivity contribution in [3.63, 3.8) is 0 Å². The number of hydrogen-bond donors (Lipinski definition) is 1. The van der Waals surface area contributed by atoms with Gasteiger partial charge < -0.3 is 24.8 Å². The highest BCUT2D eigenvalue weighted by atomic mass is 16.6. The quantitative estimate of drug-likeness (QED) is 0.656. The number of amides is 2. The molecule has 1 aliphatic heterocycles. The van der Waals surface area contributed by atoms with Gasteiger partial charge in [-0.15, -0.1) is 0 Å². The summed E-state index contributed by atoms with van der Waals surface area (Å²) in [5.74, 6) is 1.18. The Balaban J connectivity index is 1.45. The topological polar surface area (TPSA) is 109 Å². The van der Waals surface area contributed by atoms with Crippen molar-refractivity contribution in [3.05, 3.63) is 48.2 Å². The van der Waals surface area contributed by atoms with Crippen LogP contribution in [0.1, 0.15) is 10.4 Å². The van der Waals surface area contributed by atoms with E-state index in [4.69, 9.17) is 19.9 Å². The molecule has 1 fully saturated rings. The normalized spacial score (nSPS) is 13.6. The van der Waals surface area contributed by atoms with Gasteiger partial charge in [0.25, 0.3) is 0 Å². The number of ether oxygens (including phenoxy) is 3. The summed E-state index contributed by atoms with van der Waals surface area (Å²) in [5, 5.41) is 4.98. The molecular weight excluding hydrogens is 376 g/mol. The van der Waals surface area contributed by atoms with Gasteiger partial charge in [0, 0.05) is 18.0 Å². The van der Waals surface area contributed by atoms with E-state index < -0.39 is 5.91 Å². The van der Waals surface area contributed by atoms with Crippen molar-refractivity contribution in [3.8, 4) is 17.2 Å². The van der Waals surface area contributed by atoms with Gasteiger partial charge in [0.1, 0.15) is 30.2 Å². The molecule has 0 bridgehead atoms. The van der Waals surface area contributed by atoms with Crippen LogP contribution in [0.25, 0.3) is 10.9 Å². The predicted molar refractivity (Wildman–Crippen MR) is 104 cm³/mol. The first-order valence-corrected chi connectivity index (χ1v) is 9.09. The molecule has 2 amide bonds. The van der Waals surface area contributed by atoms with Gasteiger partial charge in [-0.25, -0.2) is 4.79 Å². The third-order valence-electron chi connectivity index (χ3n) is 4.61. The van der Waals surface area contributed by atoms with Gasteiger partial charge in [-0.3, -0.25) is 9.48 Å². The van der Waals surface area contributed by atoms with Crippen molar-refractivity contribution in [2.24, 2.45) is 12.8 Å². The minimum atomic E-state index is -0.536. The first-order chi connectivity index (χ1) is 14.0. The lowest BCUT2D eigenvalue weighted by Gasteiger charge is -2.13. The molecule has 0 spiro atoms. The number of cyclic esters (lactones) is 1. The van der Waals surface area contributed by atoms with Crippen LogP contribution in [-0.2, 0) is 11.8 Å². The molecule has 4 rings (SSSR count). The number of carbonyl (C=O) groups is 2. The molecule has 29 heavy (non-hydrogen) atoms. The zero-order valence-electron chi connectivity index (χ0n) is 15.8. The van der Waals surface area contributed by atoms with E-state index >= 15 is 0 Å². The fraction of sp³-hybridized carbons (Fsp3) is 0.250. The van der Waals surface area contributed by atoms with Crippen molar-refractivity contribution < 1.29 is 23.8 Å². The number of carbonyl (C=O) groups excluding carboxylic acids is 2. The van der Waals surface area contributed by atoms with Crippen molar-refractivity contribution in [1.82, 2.24) is 14.7 Å². The fourth-order valence-corrected chi connectivity index (χ4v) is 3.13. The highest BCUT2D eigenvalue weighted by Crippen LogP contribution is 2.32. The number of rotatable bonds is 7. The van der Waals surface area contributed by atoms with Crippen LogP contribution in [0.4, 0.5) is 4.79 Å². The van der Waals surface area contributed by atoms with E-state index in [1.807, 2.05) is 0 Å². The molecule has 1 aliphatic rings. The predicted octanol–water partition coefficient (Wildman–Crippen LogP) is 2.30. The summed E-state index contributed by atoms with van der Waals surface area (Å²) in [6.07, 6.45) is 1.35. The van der Waals surface area contributed by atoms with Crippen molar-refractivity contribution in [2.45, 2.75) is 0 Å². The smallest absolute Gasteiger partial charge is 0.410 e. The number of aromatic nitrogens is 2. The summed E-state index contributed by atoms with van der Waals surface area (Å²) < 4.78 is 18.2. The maximum atomic E-state index is 11.6. The molecule has 2 N–H and O–H groups in total. The summed E-state index contributed by atoms with van der Waals surface area (Å²) in [6.45, 7) is 1.84. The third kappa shape index (κ3) is 3.93. The molecule has 2 aromatic carbocycles. The summed E-state index contributed by atoms with van der Waals surface area (Å²) >= 11 is 0. The number of benzene rings is 2. The fourth-order valence-electron chi connectivity index (χ4n) is 3.13. The Morgan fingerprint density at radius 2 is 2.00 bits per heavy atom. The van der Waals surface area contributed by atoms with Crippen molar-refractivity contribution >= 4 is 22.9 Å². The number of hydrogen-bond acceptors (Lipinski definition) is 6. The standard InChI is InChI=1S/C20H20N4O5/c1-23-18-14(12-22-23)10-13(19(21)25)11-17(18)29-16-4-2-15(3-5-16)27-8-6-24-7-9-28-20(24)26/h2-5,10-12H,6-9H2,1H3,(H2,21,25). The van der Waals surface area contributed by atoms with Crippen LogP contribution < -0.4 is 15.2 Å². The first-order valence-electron chi connectivity index (χ1n) is 9.09. The number of nitrogens with two attached hydrogens (primary N) is 1. The molecular formula is C20H20N4O5. The zero-order chi connectivity index (χ0) is 20.4. The molecule has 3 aromatic rings. The second-order valence-corrected chi connectivity index (χ2v) is 6.57. The van der Waals surface area contributed by atoms with Crippen LogP contribution >= 0.6 is 0 Å². The maximum Gasteiger partial charge on any atom is 0.410 e. The van der Waals surface area contributed by atoms with E-state index in [-0.39, 0.29) is 6.09 Å². The number of aryl methyl sites for hydroxylation is 1. The van der Waals surface area contributed by atoms with Gasteiger partial charge in [0.15, 0.2) is 5.75 Å². The molecule has 9 nitrogen and oxygen atoms in total. The van der Waals surface area contributed by atoms with Gasteiger partial charge in [-0.1, -0.05) is 0 Å². The van der Waals surface area contributed by atoms with E-state index in [2.05, 4.69) is 5.10 Å². The van der Waals surface area contributed by atoms with Crippen LogP contribution in [0.3, 0.4) is 0 Å². The largest absolute Gasteiger partial charge is 0.492 e. The van der Waals surface area contributed by atoms with Crippen molar-refractivity contribution in [1.29, 1.82) is 0 Å². The lowest BCUT2D eigenvalue weighted by molar-refractivity contribution is 0.1000. The Morgan fingerprint density at radius 1 is 1.24 bits per heavy atom. The summed E-state index contributed by atoms with van der Waals surface area (Å²) in [5.41, 5.74) is 6.53. The molecule has 150 valence electrons. The van der Waals surface area contributed by atoms with Crippen molar-refractivity contribution in [2.75, 3.05) is 26.3 Å².